The first kappa shape index (κ1) is 13.0. The Balaban J connectivity index is 1.98. The van der Waals surface area contributed by atoms with E-state index in [1.807, 2.05) is 6.07 Å². The zero-order valence-corrected chi connectivity index (χ0v) is 10.7. The van der Waals surface area contributed by atoms with Crippen molar-refractivity contribution in [3.8, 4) is 0 Å². The number of hydrogen-bond donors (Lipinski definition) is 1. The fraction of sp³-hybridized carbons (Fsp3) is 0.455. The highest BCUT2D eigenvalue weighted by Gasteiger charge is 2.32. The fourth-order valence-corrected chi connectivity index (χ4v) is 3.27. The minimum atomic E-state index is -2.83. The summed E-state index contributed by atoms with van der Waals surface area (Å²) >= 11 is 0. The van der Waals surface area contributed by atoms with Crippen LogP contribution in [0.15, 0.2) is 18.2 Å². The first-order chi connectivity index (χ1) is 8.37. The van der Waals surface area contributed by atoms with E-state index in [1.54, 1.807) is 13.0 Å². The van der Waals surface area contributed by atoms with E-state index in [0.717, 1.165) is 5.56 Å². The molecule has 1 aliphatic heterocycles. The molecule has 0 atom stereocenters. The lowest BCUT2D eigenvalue weighted by molar-refractivity contribution is -0.385. The van der Waals surface area contributed by atoms with Crippen molar-refractivity contribution in [3.05, 3.63) is 39.4 Å². The molecule has 0 saturated carbocycles. The average molecular weight is 270 g/mol. The van der Waals surface area contributed by atoms with Crippen molar-refractivity contribution in [1.29, 1.82) is 0 Å². The third kappa shape index (κ3) is 2.85. The van der Waals surface area contributed by atoms with Gasteiger partial charge in [-0.2, -0.15) is 0 Å². The molecule has 2 rings (SSSR count). The smallest absolute Gasteiger partial charge is 0.272 e. The Kier molecular flexibility index (Phi) is 3.36. The Morgan fingerprint density at radius 2 is 2.11 bits per heavy atom. The van der Waals surface area contributed by atoms with Crippen molar-refractivity contribution >= 4 is 15.5 Å². The Morgan fingerprint density at radius 3 is 2.67 bits per heavy atom. The van der Waals surface area contributed by atoms with Crippen LogP contribution in [0.3, 0.4) is 0 Å². The van der Waals surface area contributed by atoms with E-state index >= 15 is 0 Å². The van der Waals surface area contributed by atoms with Crippen molar-refractivity contribution < 1.29 is 13.3 Å². The van der Waals surface area contributed by atoms with E-state index in [1.165, 1.54) is 6.07 Å². The summed E-state index contributed by atoms with van der Waals surface area (Å²) in [4.78, 5) is 10.4. The van der Waals surface area contributed by atoms with Crippen molar-refractivity contribution in [2.24, 2.45) is 0 Å². The molecule has 1 aliphatic rings. The lowest BCUT2D eigenvalue weighted by Gasteiger charge is -2.26. The highest BCUT2D eigenvalue weighted by atomic mass is 32.2. The molecule has 0 unspecified atom stereocenters. The third-order valence-electron chi connectivity index (χ3n) is 2.98. The lowest BCUT2D eigenvalue weighted by Crippen LogP contribution is -2.50. The number of nitrogens with zero attached hydrogens (tertiary/aromatic N) is 1. The topological polar surface area (TPSA) is 89.3 Å². The number of nitro groups is 1. The minimum absolute atomic E-state index is 0.0321. The molecule has 98 valence electrons. The number of benzene rings is 1. The van der Waals surface area contributed by atoms with E-state index in [2.05, 4.69) is 5.32 Å². The predicted molar refractivity (Wildman–Crippen MR) is 67.1 cm³/mol. The van der Waals surface area contributed by atoms with Crippen LogP contribution in [0.2, 0.25) is 0 Å². The van der Waals surface area contributed by atoms with E-state index in [9.17, 15) is 18.5 Å². The Bertz CT molecular complexity index is 571. The summed E-state index contributed by atoms with van der Waals surface area (Å²) < 4.78 is 21.9. The van der Waals surface area contributed by atoms with Gasteiger partial charge in [0.15, 0.2) is 9.84 Å². The SMILES string of the molecule is Cc1ccc(CNC2CS(=O)(=O)C2)cc1[N+](=O)[O-]. The van der Waals surface area contributed by atoms with Gasteiger partial charge < -0.3 is 5.32 Å². The maximum Gasteiger partial charge on any atom is 0.272 e. The van der Waals surface area contributed by atoms with Crippen molar-refractivity contribution in [3.63, 3.8) is 0 Å². The molecular weight excluding hydrogens is 256 g/mol. The largest absolute Gasteiger partial charge is 0.308 e. The average Bonchev–Trinajstić information content (AvgIpc) is 2.24. The molecule has 0 amide bonds. The van der Waals surface area contributed by atoms with Crippen LogP contribution < -0.4 is 5.32 Å². The van der Waals surface area contributed by atoms with Gasteiger partial charge in [0.1, 0.15) is 0 Å². The Morgan fingerprint density at radius 1 is 1.44 bits per heavy atom. The monoisotopic (exact) mass is 270 g/mol. The zero-order chi connectivity index (χ0) is 13.3. The fourth-order valence-electron chi connectivity index (χ4n) is 1.91. The van der Waals surface area contributed by atoms with Gasteiger partial charge in [-0.25, -0.2) is 8.42 Å². The lowest BCUT2D eigenvalue weighted by atomic mass is 10.1. The summed E-state index contributed by atoms with van der Waals surface area (Å²) in [6, 6.07) is 5.00. The van der Waals surface area contributed by atoms with Gasteiger partial charge in [0, 0.05) is 24.2 Å². The summed E-state index contributed by atoms with van der Waals surface area (Å²) in [7, 11) is -2.83. The van der Waals surface area contributed by atoms with Crippen LogP contribution in [-0.4, -0.2) is 30.9 Å². The van der Waals surface area contributed by atoms with Gasteiger partial charge in [-0.1, -0.05) is 12.1 Å². The molecule has 7 heteroatoms. The number of hydrogen-bond acceptors (Lipinski definition) is 5. The van der Waals surface area contributed by atoms with E-state index < -0.39 is 14.8 Å². The molecule has 1 saturated heterocycles. The molecule has 1 fully saturated rings. The van der Waals surface area contributed by atoms with Gasteiger partial charge in [-0.15, -0.1) is 0 Å². The van der Waals surface area contributed by atoms with Gasteiger partial charge in [0.2, 0.25) is 0 Å². The van der Waals surface area contributed by atoms with Crippen molar-refractivity contribution in [2.75, 3.05) is 11.5 Å². The van der Waals surface area contributed by atoms with Crippen LogP contribution in [0.25, 0.3) is 0 Å². The molecule has 1 aromatic rings. The molecular formula is C11H14N2O4S. The number of rotatable bonds is 4. The summed E-state index contributed by atoms with van der Waals surface area (Å²) in [5.74, 6) is 0.307. The maximum atomic E-state index is 11.0. The maximum absolute atomic E-state index is 11.0. The van der Waals surface area contributed by atoms with Crippen LogP contribution in [0.4, 0.5) is 5.69 Å². The molecule has 0 radical (unpaired) electrons. The number of sulfone groups is 1. The minimum Gasteiger partial charge on any atom is -0.308 e. The van der Waals surface area contributed by atoms with Crippen LogP contribution in [0, 0.1) is 17.0 Å². The molecule has 18 heavy (non-hydrogen) atoms. The van der Waals surface area contributed by atoms with Crippen LogP contribution in [0.1, 0.15) is 11.1 Å². The number of nitrogens with one attached hydrogen (secondary N) is 1. The molecule has 1 N–H and O–H groups in total. The van der Waals surface area contributed by atoms with Gasteiger partial charge >= 0.3 is 0 Å². The van der Waals surface area contributed by atoms with Crippen LogP contribution in [-0.2, 0) is 16.4 Å². The van der Waals surface area contributed by atoms with Gasteiger partial charge in [-0.3, -0.25) is 10.1 Å². The summed E-state index contributed by atoms with van der Waals surface area (Å²) in [5, 5.41) is 13.8. The van der Waals surface area contributed by atoms with Crippen LogP contribution >= 0.6 is 0 Å². The van der Waals surface area contributed by atoms with Gasteiger partial charge in [-0.05, 0) is 12.5 Å². The first-order valence-corrected chi connectivity index (χ1v) is 7.37. The Hall–Kier alpha value is -1.47. The summed E-state index contributed by atoms with van der Waals surface area (Å²) in [5.41, 5.74) is 1.50. The molecule has 1 aromatic carbocycles. The second-order valence-corrected chi connectivity index (χ2v) is 6.69. The Labute approximate surface area is 105 Å². The molecule has 1 heterocycles. The van der Waals surface area contributed by atoms with E-state index in [0.29, 0.717) is 12.1 Å². The molecule has 6 nitrogen and oxygen atoms in total. The van der Waals surface area contributed by atoms with Crippen LogP contribution in [0.5, 0.6) is 0 Å². The van der Waals surface area contributed by atoms with E-state index in [-0.39, 0.29) is 23.2 Å². The van der Waals surface area contributed by atoms with Crippen molar-refractivity contribution in [2.45, 2.75) is 19.5 Å². The normalized spacial score (nSPS) is 18.3. The summed E-state index contributed by atoms with van der Waals surface area (Å²) in [6.07, 6.45) is 0. The van der Waals surface area contributed by atoms with Crippen molar-refractivity contribution in [1.82, 2.24) is 5.32 Å². The highest BCUT2D eigenvalue weighted by molar-refractivity contribution is 7.92. The third-order valence-corrected chi connectivity index (χ3v) is 4.80. The molecule has 0 bridgehead atoms. The molecule has 0 spiro atoms. The van der Waals surface area contributed by atoms with Gasteiger partial charge in [0.05, 0.1) is 16.4 Å². The standard InChI is InChI=1S/C11H14N2O4S/c1-8-2-3-9(4-11(8)13(14)15)5-12-10-6-18(16,17)7-10/h2-4,10,12H,5-7H2,1H3. The van der Waals surface area contributed by atoms with E-state index in [4.69, 9.17) is 0 Å². The molecule has 0 aliphatic carbocycles. The van der Waals surface area contributed by atoms with Gasteiger partial charge in [0.25, 0.3) is 5.69 Å². The molecule has 0 aromatic heterocycles. The number of nitro benzene ring substituents is 1. The second-order valence-electron chi connectivity index (χ2n) is 4.53. The number of aryl methyl sites for hydroxylation is 1. The highest BCUT2D eigenvalue weighted by Crippen LogP contribution is 2.19. The second kappa shape index (κ2) is 4.66. The summed E-state index contributed by atoms with van der Waals surface area (Å²) in [6.45, 7) is 2.13. The quantitative estimate of drug-likeness (QED) is 0.645. The first-order valence-electron chi connectivity index (χ1n) is 5.55. The zero-order valence-electron chi connectivity index (χ0n) is 9.92. The predicted octanol–water partition coefficient (Wildman–Crippen LogP) is 0.790.